The second-order valence-electron chi connectivity index (χ2n) is 5.78. The van der Waals surface area contributed by atoms with Crippen LogP contribution in [0.1, 0.15) is 34.3 Å². The van der Waals surface area contributed by atoms with Gasteiger partial charge in [-0.2, -0.15) is 26.3 Å². The number of hydrogen-bond donors (Lipinski definition) is 1. The zero-order chi connectivity index (χ0) is 22.2. The number of ether oxygens (including phenoxy) is 2. The summed E-state index contributed by atoms with van der Waals surface area (Å²) in [4.78, 5) is 32.2. The summed E-state index contributed by atoms with van der Waals surface area (Å²) in [5.74, 6) is -5.00. The van der Waals surface area contributed by atoms with Crippen LogP contribution in [0.25, 0.3) is 0 Å². The van der Waals surface area contributed by atoms with Gasteiger partial charge in [0, 0.05) is 5.56 Å². The first-order chi connectivity index (χ1) is 13.4. The molecule has 6 nitrogen and oxygen atoms in total. The van der Waals surface area contributed by atoms with E-state index in [2.05, 4.69) is 9.47 Å². The molecule has 0 unspecified atom stereocenters. The number of rotatable bonds is 9. The van der Waals surface area contributed by atoms with E-state index in [1.54, 1.807) is 0 Å². The lowest BCUT2D eigenvalue weighted by molar-refractivity contribution is -0.199. The third-order valence-electron chi connectivity index (χ3n) is 3.54. The number of aromatic hydroxyl groups is 1. The molecule has 0 radical (unpaired) electrons. The number of phenols is 1. The van der Waals surface area contributed by atoms with E-state index in [1.165, 1.54) is 12.1 Å². The smallest absolute Gasteiger partial charge is 0.490 e. The Labute approximate surface area is 160 Å². The van der Waals surface area contributed by atoms with Gasteiger partial charge in [0.05, 0.1) is 13.2 Å². The van der Waals surface area contributed by atoms with Gasteiger partial charge in [0.1, 0.15) is 12.0 Å². The summed E-state index contributed by atoms with van der Waals surface area (Å²) in [5, 5.41) is 10.2. The number of carbonyl (C=O) groups is 3. The molecule has 0 amide bonds. The van der Waals surface area contributed by atoms with E-state index in [1.807, 2.05) is 0 Å². The molecule has 0 aliphatic rings. The fraction of sp³-hybridized carbons (Fsp3) is 0.471. The van der Waals surface area contributed by atoms with Gasteiger partial charge in [-0.15, -0.1) is 0 Å². The SMILES string of the molecule is O=Cc1cc(CCCOC(=O)C(F)(F)F)c(O)c(CCCOC(=O)C(F)(F)F)c1. The van der Waals surface area contributed by atoms with Crippen LogP contribution in [0.15, 0.2) is 12.1 Å². The van der Waals surface area contributed by atoms with Crippen LogP contribution >= 0.6 is 0 Å². The van der Waals surface area contributed by atoms with Crippen molar-refractivity contribution in [3.05, 3.63) is 28.8 Å². The van der Waals surface area contributed by atoms with E-state index < -0.39 is 37.5 Å². The quantitative estimate of drug-likeness (QED) is 0.280. The molecule has 1 rings (SSSR count). The zero-order valence-corrected chi connectivity index (χ0v) is 14.7. The number of benzene rings is 1. The minimum Gasteiger partial charge on any atom is -0.507 e. The van der Waals surface area contributed by atoms with Gasteiger partial charge in [-0.05, 0) is 48.9 Å². The number of alkyl halides is 6. The molecule has 0 aliphatic carbocycles. The Morgan fingerprint density at radius 2 is 1.24 bits per heavy atom. The van der Waals surface area contributed by atoms with Gasteiger partial charge in [0.15, 0.2) is 0 Å². The second kappa shape index (κ2) is 10.1. The van der Waals surface area contributed by atoms with Crippen molar-refractivity contribution in [3.63, 3.8) is 0 Å². The van der Waals surface area contributed by atoms with Crippen molar-refractivity contribution in [2.24, 2.45) is 0 Å². The van der Waals surface area contributed by atoms with E-state index in [4.69, 9.17) is 0 Å². The van der Waals surface area contributed by atoms with E-state index in [-0.39, 0.29) is 48.1 Å². The summed E-state index contributed by atoms with van der Waals surface area (Å²) in [7, 11) is 0. The number of halogens is 6. The molecule has 0 spiro atoms. The first kappa shape index (κ1) is 24.2. The van der Waals surface area contributed by atoms with Gasteiger partial charge in [-0.25, -0.2) is 9.59 Å². The van der Waals surface area contributed by atoms with Crippen LogP contribution in [0, 0.1) is 0 Å². The predicted octanol–water partition coefficient (Wildman–Crippen LogP) is 3.28. The molecule has 0 fully saturated rings. The molecule has 0 atom stereocenters. The molecule has 0 aliphatic heterocycles. The van der Waals surface area contributed by atoms with E-state index in [9.17, 15) is 45.8 Å². The first-order valence-electron chi connectivity index (χ1n) is 8.14. The maximum atomic E-state index is 12.0. The highest BCUT2D eigenvalue weighted by atomic mass is 19.4. The third-order valence-corrected chi connectivity index (χ3v) is 3.54. The molecular weight excluding hydrogens is 414 g/mol. The first-order valence-corrected chi connectivity index (χ1v) is 8.14. The summed E-state index contributed by atoms with van der Waals surface area (Å²) in [6.45, 7) is -1.16. The van der Waals surface area contributed by atoms with Gasteiger partial charge in [0.25, 0.3) is 0 Å². The summed E-state index contributed by atoms with van der Waals surface area (Å²) in [6, 6.07) is 2.56. The van der Waals surface area contributed by atoms with Gasteiger partial charge < -0.3 is 14.6 Å². The number of aldehydes is 1. The van der Waals surface area contributed by atoms with Crippen molar-refractivity contribution < 1.29 is 55.3 Å². The van der Waals surface area contributed by atoms with Crippen molar-refractivity contribution in [2.75, 3.05) is 13.2 Å². The number of aryl methyl sites for hydroxylation is 2. The lowest BCUT2D eigenvalue weighted by atomic mass is 9.98. The van der Waals surface area contributed by atoms with Crippen LogP contribution in [0.3, 0.4) is 0 Å². The van der Waals surface area contributed by atoms with Gasteiger partial charge in [-0.1, -0.05) is 0 Å². The summed E-state index contributed by atoms with van der Waals surface area (Å²) in [5.41, 5.74) is 0.479. The Morgan fingerprint density at radius 3 is 1.55 bits per heavy atom. The Bertz CT molecular complexity index is 686. The lowest BCUT2D eigenvalue weighted by Gasteiger charge is -2.12. The van der Waals surface area contributed by atoms with Gasteiger partial charge in [0.2, 0.25) is 0 Å². The monoisotopic (exact) mass is 430 g/mol. The molecule has 12 heteroatoms. The number of carbonyl (C=O) groups excluding carboxylic acids is 3. The summed E-state index contributed by atoms with van der Waals surface area (Å²) < 4.78 is 80.2. The largest absolute Gasteiger partial charge is 0.507 e. The Kier molecular flexibility index (Phi) is 8.46. The third kappa shape index (κ3) is 8.00. The number of esters is 2. The fourth-order valence-electron chi connectivity index (χ4n) is 2.25. The summed E-state index contributed by atoms with van der Waals surface area (Å²) in [6.07, 6.45) is -10.0. The fourth-order valence-corrected chi connectivity index (χ4v) is 2.25. The molecule has 0 heterocycles. The molecule has 1 N–H and O–H groups in total. The highest BCUT2D eigenvalue weighted by Crippen LogP contribution is 2.27. The van der Waals surface area contributed by atoms with Crippen LogP contribution in [-0.4, -0.2) is 48.9 Å². The molecule has 0 saturated heterocycles. The highest BCUT2D eigenvalue weighted by molar-refractivity contribution is 5.77. The number of phenolic OH excluding ortho intramolecular Hbond substituents is 1. The topological polar surface area (TPSA) is 89.9 Å². The van der Waals surface area contributed by atoms with Crippen molar-refractivity contribution in [3.8, 4) is 5.75 Å². The maximum Gasteiger partial charge on any atom is 0.490 e. The Morgan fingerprint density at radius 1 is 0.862 bits per heavy atom. The minimum absolute atomic E-state index is 0.0330. The maximum absolute atomic E-state index is 12.0. The van der Waals surface area contributed by atoms with Crippen molar-refractivity contribution in [1.29, 1.82) is 0 Å². The van der Waals surface area contributed by atoms with Gasteiger partial charge in [-0.3, -0.25) is 4.79 Å². The van der Waals surface area contributed by atoms with Crippen LogP contribution < -0.4 is 0 Å². The Balaban J connectivity index is 2.66. The average Bonchev–Trinajstić information content (AvgIpc) is 2.62. The highest BCUT2D eigenvalue weighted by Gasteiger charge is 2.41. The standard InChI is InChI=1S/C17H16F6O6/c18-16(19,20)14(26)28-5-1-3-11-7-10(9-24)8-12(13(11)25)4-2-6-29-15(27)17(21,22)23/h7-9,25H,1-6H2. The molecule has 0 saturated carbocycles. The van der Waals surface area contributed by atoms with Crippen molar-refractivity contribution >= 4 is 18.2 Å². The summed E-state index contributed by atoms with van der Waals surface area (Å²) >= 11 is 0. The van der Waals surface area contributed by atoms with Crippen LogP contribution in [0.2, 0.25) is 0 Å². The van der Waals surface area contributed by atoms with Crippen LogP contribution in [0.5, 0.6) is 5.75 Å². The van der Waals surface area contributed by atoms with E-state index in [0.29, 0.717) is 6.29 Å². The lowest BCUT2D eigenvalue weighted by Crippen LogP contribution is -2.25. The second-order valence-corrected chi connectivity index (χ2v) is 5.78. The van der Waals surface area contributed by atoms with Crippen molar-refractivity contribution in [2.45, 2.75) is 38.0 Å². The van der Waals surface area contributed by atoms with Gasteiger partial charge >= 0.3 is 24.3 Å². The minimum atomic E-state index is -5.12. The molecule has 0 bridgehead atoms. The average molecular weight is 430 g/mol. The van der Waals surface area contributed by atoms with E-state index >= 15 is 0 Å². The van der Waals surface area contributed by atoms with E-state index in [0.717, 1.165) is 0 Å². The molecule has 1 aromatic carbocycles. The van der Waals surface area contributed by atoms with Crippen molar-refractivity contribution in [1.82, 2.24) is 0 Å². The molecule has 29 heavy (non-hydrogen) atoms. The molecular formula is C17H16F6O6. The molecule has 162 valence electrons. The zero-order valence-electron chi connectivity index (χ0n) is 14.7. The van der Waals surface area contributed by atoms with Crippen LogP contribution in [-0.2, 0) is 31.9 Å². The predicted molar refractivity (Wildman–Crippen MR) is 84.2 cm³/mol. The molecule has 0 aromatic heterocycles. The molecule has 1 aromatic rings. The van der Waals surface area contributed by atoms with Crippen LogP contribution in [0.4, 0.5) is 26.3 Å². The Hall–Kier alpha value is -2.79. The normalized spacial score (nSPS) is 11.8. The number of hydrogen-bond acceptors (Lipinski definition) is 6.